The Balaban J connectivity index is 2.48. The summed E-state index contributed by atoms with van der Waals surface area (Å²) in [5.74, 6) is 1.17. The van der Waals surface area contributed by atoms with Crippen LogP contribution < -0.4 is 5.73 Å². The van der Waals surface area contributed by atoms with E-state index in [2.05, 4.69) is 6.58 Å². The summed E-state index contributed by atoms with van der Waals surface area (Å²) >= 11 is 0. The summed E-state index contributed by atoms with van der Waals surface area (Å²) in [5, 5.41) is 0. The molecule has 0 bridgehead atoms. The number of hydrogen-bond donors (Lipinski definition) is 1. The van der Waals surface area contributed by atoms with Crippen molar-refractivity contribution < 1.29 is 4.79 Å². The molecule has 1 aliphatic carbocycles. The molecule has 3 heteroatoms. The Bertz CT molecular complexity index is 267. The summed E-state index contributed by atoms with van der Waals surface area (Å²) in [6.45, 7) is 10.1. The first-order valence-electron chi connectivity index (χ1n) is 6.71. The Morgan fingerprint density at radius 2 is 1.94 bits per heavy atom. The maximum atomic E-state index is 12.3. The molecule has 1 fully saturated rings. The van der Waals surface area contributed by atoms with Gasteiger partial charge in [-0.25, -0.2) is 0 Å². The Morgan fingerprint density at radius 1 is 1.35 bits per heavy atom. The molecule has 0 radical (unpaired) electrons. The van der Waals surface area contributed by atoms with Crippen molar-refractivity contribution in [2.24, 2.45) is 17.6 Å². The molecule has 0 aromatic heterocycles. The van der Waals surface area contributed by atoms with Crippen molar-refractivity contribution in [1.29, 1.82) is 0 Å². The lowest BCUT2D eigenvalue weighted by atomic mass is 9.81. The lowest BCUT2D eigenvalue weighted by Crippen LogP contribution is -2.39. The van der Waals surface area contributed by atoms with Crippen molar-refractivity contribution in [3.05, 3.63) is 12.2 Å². The van der Waals surface area contributed by atoms with Crippen LogP contribution in [0.25, 0.3) is 0 Å². The van der Waals surface area contributed by atoms with E-state index in [-0.39, 0.29) is 5.92 Å². The fourth-order valence-electron chi connectivity index (χ4n) is 2.57. The molecule has 0 atom stereocenters. The average molecular weight is 238 g/mol. The first-order chi connectivity index (χ1) is 8.08. The molecule has 1 rings (SSSR count). The van der Waals surface area contributed by atoms with Crippen LogP contribution in [-0.2, 0) is 4.79 Å². The molecule has 17 heavy (non-hydrogen) atoms. The van der Waals surface area contributed by atoms with Gasteiger partial charge in [-0.3, -0.25) is 4.79 Å². The van der Waals surface area contributed by atoms with Crippen LogP contribution in [0.15, 0.2) is 12.2 Å². The van der Waals surface area contributed by atoms with Crippen LogP contribution in [0.4, 0.5) is 0 Å². The van der Waals surface area contributed by atoms with Gasteiger partial charge in [0.05, 0.1) is 0 Å². The molecule has 0 aromatic carbocycles. The number of amides is 1. The fourth-order valence-corrected chi connectivity index (χ4v) is 2.57. The molecular weight excluding hydrogens is 212 g/mol. The molecule has 1 amide bonds. The van der Waals surface area contributed by atoms with Gasteiger partial charge in [0.1, 0.15) is 0 Å². The van der Waals surface area contributed by atoms with E-state index in [9.17, 15) is 4.79 Å². The van der Waals surface area contributed by atoms with Crippen molar-refractivity contribution in [3.8, 4) is 0 Å². The van der Waals surface area contributed by atoms with Gasteiger partial charge in [-0.15, -0.1) is 0 Å². The standard InChI is InChI=1S/C14H26N2O/c1-4-16(10-11(2)3)14(17)13-7-5-12(9-15)6-8-13/h12-13H,2,4-10,15H2,1,3H3. The van der Waals surface area contributed by atoms with Gasteiger partial charge >= 0.3 is 0 Å². The summed E-state index contributed by atoms with van der Waals surface area (Å²) < 4.78 is 0. The molecule has 1 saturated carbocycles. The molecular formula is C14H26N2O. The van der Waals surface area contributed by atoms with Crippen LogP contribution in [0.3, 0.4) is 0 Å². The molecule has 3 nitrogen and oxygen atoms in total. The third-order valence-corrected chi connectivity index (χ3v) is 3.68. The summed E-state index contributed by atoms with van der Waals surface area (Å²) in [7, 11) is 0. The molecule has 0 spiro atoms. The van der Waals surface area contributed by atoms with E-state index in [0.29, 0.717) is 18.4 Å². The minimum Gasteiger partial charge on any atom is -0.339 e. The summed E-state index contributed by atoms with van der Waals surface area (Å²) in [4.78, 5) is 14.2. The van der Waals surface area contributed by atoms with Gasteiger partial charge in [0, 0.05) is 19.0 Å². The van der Waals surface area contributed by atoms with Crippen molar-refractivity contribution in [1.82, 2.24) is 4.90 Å². The minimum atomic E-state index is 0.220. The van der Waals surface area contributed by atoms with Crippen LogP contribution in [0.2, 0.25) is 0 Å². The van der Waals surface area contributed by atoms with Crippen LogP contribution in [0, 0.1) is 11.8 Å². The van der Waals surface area contributed by atoms with Crippen LogP contribution in [0.5, 0.6) is 0 Å². The van der Waals surface area contributed by atoms with E-state index >= 15 is 0 Å². The highest BCUT2D eigenvalue weighted by Gasteiger charge is 2.28. The SMILES string of the molecule is C=C(C)CN(CC)C(=O)C1CCC(CN)CC1. The maximum absolute atomic E-state index is 12.3. The van der Waals surface area contributed by atoms with E-state index in [0.717, 1.165) is 44.3 Å². The van der Waals surface area contributed by atoms with Crippen molar-refractivity contribution in [3.63, 3.8) is 0 Å². The molecule has 98 valence electrons. The molecule has 0 heterocycles. The average Bonchev–Trinajstić information content (AvgIpc) is 2.35. The number of carbonyl (C=O) groups is 1. The first-order valence-corrected chi connectivity index (χ1v) is 6.71. The van der Waals surface area contributed by atoms with E-state index in [4.69, 9.17) is 5.73 Å². The zero-order valence-electron chi connectivity index (χ0n) is 11.2. The summed E-state index contributed by atoms with van der Waals surface area (Å²) in [5.41, 5.74) is 6.72. The first kappa shape index (κ1) is 14.2. The topological polar surface area (TPSA) is 46.3 Å². The molecule has 0 aliphatic heterocycles. The Kier molecular flexibility index (Phi) is 5.69. The second-order valence-electron chi connectivity index (χ2n) is 5.26. The van der Waals surface area contributed by atoms with E-state index < -0.39 is 0 Å². The second kappa shape index (κ2) is 6.80. The van der Waals surface area contributed by atoms with Crippen LogP contribution in [-0.4, -0.2) is 30.4 Å². The predicted molar refractivity (Wildman–Crippen MR) is 71.6 cm³/mol. The maximum Gasteiger partial charge on any atom is 0.225 e. The third-order valence-electron chi connectivity index (χ3n) is 3.68. The number of hydrogen-bond acceptors (Lipinski definition) is 2. The van der Waals surface area contributed by atoms with Gasteiger partial charge in [-0.05, 0) is 52.0 Å². The minimum absolute atomic E-state index is 0.220. The lowest BCUT2D eigenvalue weighted by molar-refractivity contribution is -0.136. The van der Waals surface area contributed by atoms with Gasteiger partial charge < -0.3 is 10.6 Å². The molecule has 0 saturated heterocycles. The predicted octanol–water partition coefficient (Wildman–Crippen LogP) is 2.18. The zero-order chi connectivity index (χ0) is 12.8. The number of carbonyl (C=O) groups excluding carboxylic acids is 1. The van der Waals surface area contributed by atoms with Crippen molar-refractivity contribution in [2.75, 3.05) is 19.6 Å². The second-order valence-corrected chi connectivity index (χ2v) is 5.26. The smallest absolute Gasteiger partial charge is 0.225 e. The summed E-state index contributed by atoms with van der Waals surface area (Å²) in [6.07, 6.45) is 4.23. The van der Waals surface area contributed by atoms with Gasteiger partial charge in [0.25, 0.3) is 0 Å². The Hall–Kier alpha value is -0.830. The number of nitrogens with zero attached hydrogens (tertiary/aromatic N) is 1. The van der Waals surface area contributed by atoms with Crippen LogP contribution in [0.1, 0.15) is 39.5 Å². The monoisotopic (exact) mass is 238 g/mol. The number of nitrogens with two attached hydrogens (primary N) is 1. The normalized spacial score (nSPS) is 24.4. The number of likely N-dealkylation sites (N-methyl/N-ethyl adjacent to an activating group) is 1. The summed E-state index contributed by atoms with van der Waals surface area (Å²) in [6, 6.07) is 0. The zero-order valence-corrected chi connectivity index (χ0v) is 11.2. The van der Waals surface area contributed by atoms with Gasteiger partial charge in [-0.2, -0.15) is 0 Å². The third kappa shape index (κ3) is 4.15. The van der Waals surface area contributed by atoms with Crippen LogP contribution >= 0.6 is 0 Å². The Morgan fingerprint density at radius 3 is 2.35 bits per heavy atom. The van der Waals surface area contributed by atoms with Crippen molar-refractivity contribution >= 4 is 5.91 Å². The molecule has 2 N–H and O–H groups in total. The van der Waals surface area contributed by atoms with Gasteiger partial charge in [0.2, 0.25) is 5.91 Å². The van der Waals surface area contributed by atoms with E-state index in [1.54, 1.807) is 0 Å². The quantitative estimate of drug-likeness (QED) is 0.746. The van der Waals surface area contributed by atoms with Crippen molar-refractivity contribution in [2.45, 2.75) is 39.5 Å². The highest BCUT2D eigenvalue weighted by molar-refractivity contribution is 5.79. The Labute approximate surface area is 105 Å². The fraction of sp³-hybridized carbons (Fsp3) is 0.786. The van der Waals surface area contributed by atoms with Gasteiger partial charge in [-0.1, -0.05) is 12.2 Å². The molecule has 0 unspecified atom stereocenters. The highest BCUT2D eigenvalue weighted by Crippen LogP contribution is 2.29. The lowest BCUT2D eigenvalue weighted by Gasteiger charge is -2.31. The van der Waals surface area contributed by atoms with E-state index in [1.165, 1.54) is 0 Å². The number of rotatable bonds is 5. The highest BCUT2D eigenvalue weighted by atomic mass is 16.2. The van der Waals surface area contributed by atoms with E-state index in [1.807, 2.05) is 18.7 Å². The molecule has 1 aliphatic rings. The van der Waals surface area contributed by atoms with Gasteiger partial charge in [0.15, 0.2) is 0 Å². The largest absolute Gasteiger partial charge is 0.339 e. The molecule has 0 aromatic rings.